The van der Waals surface area contributed by atoms with Crippen molar-refractivity contribution in [2.75, 3.05) is 0 Å². The molecule has 1 unspecified atom stereocenters. The molecule has 2 rings (SSSR count). The maximum absolute atomic E-state index is 11.2. The number of nitrogens with zero attached hydrogens (tertiary/aromatic N) is 2. The molecule has 0 aromatic carbocycles. The molecule has 1 aromatic rings. The van der Waals surface area contributed by atoms with E-state index in [2.05, 4.69) is 10.4 Å². The van der Waals surface area contributed by atoms with Gasteiger partial charge in [-0.3, -0.25) is 9.48 Å². The van der Waals surface area contributed by atoms with Crippen LogP contribution in [0.25, 0.3) is 0 Å². The summed E-state index contributed by atoms with van der Waals surface area (Å²) in [5, 5.41) is 14.9. The van der Waals surface area contributed by atoms with E-state index in [0.717, 1.165) is 0 Å². The van der Waals surface area contributed by atoms with Crippen molar-refractivity contribution in [2.24, 2.45) is 7.05 Å². The Kier molecular flexibility index (Phi) is 1.39. The number of carbonyl (C=O) groups is 2. The summed E-state index contributed by atoms with van der Waals surface area (Å²) in [7, 11) is 1.64. The number of carboxylic acid groups (broad SMARTS) is 1. The molecule has 1 aliphatic rings. The van der Waals surface area contributed by atoms with Crippen LogP contribution in [0.15, 0.2) is 6.20 Å². The average molecular weight is 181 g/mol. The van der Waals surface area contributed by atoms with Gasteiger partial charge in [0.2, 0.25) is 0 Å². The summed E-state index contributed by atoms with van der Waals surface area (Å²) < 4.78 is 1.43. The van der Waals surface area contributed by atoms with Crippen molar-refractivity contribution in [1.82, 2.24) is 15.1 Å². The zero-order valence-electron chi connectivity index (χ0n) is 6.81. The van der Waals surface area contributed by atoms with Crippen molar-refractivity contribution >= 4 is 11.9 Å². The number of amides is 1. The van der Waals surface area contributed by atoms with E-state index >= 15 is 0 Å². The van der Waals surface area contributed by atoms with Gasteiger partial charge in [-0.25, -0.2) is 4.79 Å². The van der Waals surface area contributed by atoms with Gasteiger partial charge >= 0.3 is 5.97 Å². The number of rotatable bonds is 1. The minimum absolute atomic E-state index is 0.292. The van der Waals surface area contributed by atoms with Gasteiger partial charge in [0, 0.05) is 13.2 Å². The summed E-state index contributed by atoms with van der Waals surface area (Å²) >= 11 is 0. The molecule has 1 aromatic heterocycles. The molecule has 0 saturated carbocycles. The quantitative estimate of drug-likeness (QED) is 0.599. The van der Waals surface area contributed by atoms with Crippen LogP contribution in [0.2, 0.25) is 0 Å². The number of aliphatic carboxylic acids is 1. The summed E-state index contributed by atoms with van der Waals surface area (Å²) in [5.74, 6) is -1.47. The molecule has 1 amide bonds. The number of fused-ring (bicyclic) bond motifs is 1. The molecule has 68 valence electrons. The number of carboxylic acids is 1. The highest BCUT2D eigenvalue weighted by Gasteiger charge is 2.36. The van der Waals surface area contributed by atoms with Crippen molar-refractivity contribution in [3.05, 3.63) is 17.5 Å². The number of nitrogens with one attached hydrogen (secondary N) is 1. The standard InChI is InChI=1S/C7H7N3O3/c1-10-2-3-4(9-10)5(7(12)13)8-6(3)11/h2,5H,1H3,(H,8,11)(H,12,13). The zero-order valence-corrected chi connectivity index (χ0v) is 6.81. The fraction of sp³-hybridized carbons (Fsp3) is 0.286. The summed E-state index contributed by atoms with van der Waals surface area (Å²) in [6.07, 6.45) is 1.51. The van der Waals surface area contributed by atoms with Crippen molar-refractivity contribution in [3.63, 3.8) is 0 Å². The lowest BCUT2D eigenvalue weighted by atomic mass is 10.2. The average Bonchev–Trinajstić information content (AvgIpc) is 2.51. The molecule has 0 aliphatic carbocycles. The van der Waals surface area contributed by atoms with Crippen LogP contribution in [-0.2, 0) is 11.8 Å². The molecular weight excluding hydrogens is 174 g/mol. The fourth-order valence-corrected chi connectivity index (χ4v) is 1.35. The van der Waals surface area contributed by atoms with Crippen LogP contribution in [0, 0.1) is 0 Å². The lowest BCUT2D eigenvalue weighted by Gasteiger charge is -2.02. The van der Waals surface area contributed by atoms with E-state index in [4.69, 9.17) is 5.11 Å². The summed E-state index contributed by atoms with van der Waals surface area (Å²) in [5.41, 5.74) is 0.634. The molecule has 2 heterocycles. The Morgan fingerprint density at radius 2 is 2.46 bits per heavy atom. The molecule has 6 nitrogen and oxygen atoms in total. The Morgan fingerprint density at radius 3 is 3.08 bits per heavy atom. The van der Waals surface area contributed by atoms with Gasteiger partial charge in [-0.1, -0.05) is 0 Å². The summed E-state index contributed by atoms with van der Waals surface area (Å²) in [6.45, 7) is 0. The minimum Gasteiger partial charge on any atom is -0.479 e. The summed E-state index contributed by atoms with van der Waals surface area (Å²) in [6, 6.07) is -0.997. The first-order valence-corrected chi connectivity index (χ1v) is 3.67. The number of aromatic nitrogens is 2. The van der Waals surface area contributed by atoms with E-state index in [9.17, 15) is 9.59 Å². The van der Waals surface area contributed by atoms with Crippen LogP contribution in [0.1, 0.15) is 22.1 Å². The molecule has 1 aliphatic heterocycles. The number of hydrogen-bond acceptors (Lipinski definition) is 3. The second kappa shape index (κ2) is 2.32. The van der Waals surface area contributed by atoms with Crippen molar-refractivity contribution < 1.29 is 14.7 Å². The van der Waals surface area contributed by atoms with E-state index in [0.29, 0.717) is 11.3 Å². The molecule has 2 N–H and O–H groups in total. The van der Waals surface area contributed by atoms with E-state index < -0.39 is 12.0 Å². The molecule has 0 fully saturated rings. The predicted octanol–water partition coefficient (Wildman–Crippen LogP) is -0.711. The van der Waals surface area contributed by atoms with Crippen LogP contribution in [0.3, 0.4) is 0 Å². The Balaban J connectivity index is 2.51. The molecule has 6 heteroatoms. The Bertz CT molecular complexity index is 396. The number of carbonyl (C=O) groups excluding carboxylic acids is 1. The first-order valence-electron chi connectivity index (χ1n) is 3.67. The van der Waals surface area contributed by atoms with E-state index in [1.807, 2.05) is 0 Å². The van der Waals surface area contributed by atoms with Crippen LogP contribution in [0.5, 0.6) is 0 Å². The Hall–Kier alpha value is -1.85. The van der Waals surface area contributed by atoms with Gasteiger partial charge in [0.1, 0.15) is 5.69 Å². The van der Waals surface area contributed by atoms with Gasteiger partial charge in [-0.15, -0.1) is 0 Å². The fourth-order valence-electron chi connectivity index (χ4n) is 1.35. The van der Waals surface area contributed by atoms with Gasteiger partial charge in [0.25, 0.3) is 5.91 Å². The zero-order chi connectivity index (χ0) is 9.59. The minimum atomic E-state index is -1.09. The van der Waals surface area contributed by atoms with Gasteiger partial charge in [0.15, 0.2) is 6.04 Å². The molecule has 0 bridgehead atoms. The van der Waals surface area contributed by atoms with Crippen LogP contribution in [-0.4, -0.2) is 26.8 Å². The normalized spacial score (nSPS) is 19.8. The van der Waals surface area contributed by atoms with Crippen LogP contribution >= 0.6 is 0 Å². The topological polar surface area (TPSA) is 84.2 Å². The maximum atomic E-state index is 11.2. The highest BCUT2D eigenvalue weighted by Crippen LogP contribution is 2.22. The molecule has 0 saturated heterocycles. The highest BCUT2D eigenvalue weighted by atomic mass is 16.4. The number of aryl methyl sites for hydroxylation is 1. The van der Waals surface area contributed by atoms with E-state index in [1.54, 1.807) is 7.05 Å². The largest absolute Gasteiger partial charge is 0.479 e. The molecule has 13 heavy (non-hydrogen) atoms. The summed E-state index contributed by atoms with van der Waals surface area (Å²) in [4.78, 5) is 21.8. The first kappa shape index (κ1) is 7.78. The Morgan fingerprint density at radius 1 is 1.77 bits per heavy atom. The van der Waals surface area contributed by atoms with Gasteiger partial charge in [-0.05, 0) is 0 Å². The van der Waals surface area contributed by atoms with Crippen LogP contribution in [0.4, 0.5) is 0 Å². The van der Waals surface area contributed by atoms with Crippen molar-refractivity contribution in [1.29, 1.82) is 0 Å². The second-order valence-electron chi connectivity index (χ2n) is 2.85. The van der Waals surface area contributed by atoms with Gasteiger partial charge in [0.05, 0.1) is 5.56 Å². The molecule has 1 atom stereocenters. The molecular formula is C7H7N3O3. The third-order valence-corrected chi connectivity index (χ3v) is 1.90. The first-order chi connectivity index (χ1) is 6.09. The maximum Gasteiger partial charge on any atom is 0.332 e. The van der Waals surface area contributed by atoms with E-state index in [-0.39, 0.29) is 5.91 Å². The molecule has 0 radical (unpaired) electrons. The third kappa shape index (κ3) is 0.986. The van der Waals surface area contributed by atoms with Gasteiger partial charge < -0.3 is 10.4 Å². The Labute approximate surface area is 73.2 Å². The smallest absolute Gasteiger partial charge is 0.332 e. The number of hydrogen-bond donors (Lipinski definition) is 2. The lowest BCUT2D eigenvalue weighted by Crippen LogP contribution is -2.26. The lowest BCUT2D eigenvalue weighted by molar-refractivity contribution is -0.139. The monoisotopic (exact) mass is 181 g/mol. The SMILES string of the molecule is Cn1cc2c(n1)C(C(=O)O)NC2=O. The van der Waals surface area contributed by atoms with E-state index in [1.165, 1.54) is 10.9 Å². The molecule has 0 spiro atoms. The van der Waals surface area contributed by atoms with Crippen molar-refractivity contribution in [2.45, 2.75) is 6.04 Å². The third-order valence-electron chi connectivity index (χ3n) is 1.90. The second-order valence-corrected chi connectivity index (χ2v) is 2.85. The van der Waals surface area contributed by atoms with Gasteiger partial charge in [-0.2, -0.15) is 5.10 Å². The van der Waals surface area contributed by atoms with Crippen LogP contribution < -0.4 is 5.32 Å². The van der Waals surface area contributed by atoms with Crippen molar-refractivity contribution in [3.8, 4) is 0 Å². The highest BCUT2D eigenvalue weighted by molar-refractivity contribution is 6.02. The predicted molar refractivity (Wildman–Crippen MR) is 41.1 cm³/mol.